The van der Waals surface area contributed by atoms with Gasteiger partial charge in [0, 0.05) is 6.61 Å². The first-order valence-electron chi connectivity index (χ1n) is 8.72. The largest absolute Gasteiger partial charge is 0.519 e. The Hall–Kier alpha value is -0.393. The summed E-state index contributed by atoms with van der Waals surface area (Å²) in [4.78, 5) is 0. The SMILES string of the molecule is CCCCCCCCCCO[Si](C)(C)Oc1ccc(F)cc1Br. The maximum atomic E-state index is 13.1. The number of hydrogen-bond donors (Lipinski definition) is 0. The predicted molar refractivity (Wildman–Crippen MR) is 101 cm³/mol. The fraction of sp³-hybridized carbons (Fsp3) is 0.667. The molecule has 23 heavy (non-hydrogen) atoms. The lowest BCUT2D eigenvalue weighted by molar-refractivity contribution is 0.240. The summed E-state index contributed by atoms with van der Waals surface area (Å²) in [5, 5.41) is 0. The van der Waals surface area contributed by atoms with E-state index in [4.69, 9.17) is 8.85 Å². The van der Waals surface area contributed by atoms with Crippen molar-refractivity contribution in [1.82, 2.24) is 0 Å². The van der Waals surface area contributed by atoms with E-state index in [9.17, 15) is 4.39 Å². The van der Waals surface area contributed by atoms with E-state index in [2.05, 4.69) is 22.9 Å². The van der Waals surface area contributed by atoms with Crippen molar-refractivity contribution in [2.24, 2.45) is 0 Å². The van der Waals surface area contributed by atoms with Gasteiger partial charge >= 0.3 is 8.56 Å². The molecular weight excluding hydrogens is 375 g/mol. The highest BCUT2D eigenvalue weighted by molar-refractivity contribution is 9.10. The van der Waals surface area contributed by atoms with Crippen molar-refractivity contribution in [2.75, 3.05) is 6.61 Å². The zero-order valence-electron chi connectivity index (χ0n) is 14.7. The van der Waals surface area contributed by atoms with Crippen LogP contribution < -0.4 is 4.43 Å². The van der Waals surface area contributed by atoms with Gasteiger partial charge in [-0.05, 0) is 53.6 Å². The normalized spacial score (nSPS) is 11.7. The summed E-state index contributed by atoms with van der Waals surface area (Å²) in [6.07, 6.45) is 10.3. The van der Waals surface area contributed by atoms with Gasteiger partial charge in [-0.25, -0.2) is 4.39 Å². The Kier molecular flexibility index (Phi) is 10.1. The summed E-state index contributed by atoms with van der Waals surface area (Å²) in [7, 11) is -2.23. The van der Waals surface area contributed by atoms with Gasteiger partial charge in [0.1, 0.15) is 11.6 Å². The van der Waals surface area contributed by atoms with Crippen molar-refractivity contribution in [3.8, 4) is 5.75 Å². The summed E-state index contributed by atoms with van der Waals surface area (Å²) in [5.41, 5.74) is 0. The van der Waals surface area contributed by atoms with Crippen LogP contribution in [-0.2, 0) is 4.43 Å². The summed E-state index contributed by atoms with van der Waals surface area (Å²) >= 11 is 3.33. The Morgan fingerprint density at radius 3 is 2.22 bits per heavy atom. The second kappa shape index (κ2) is 11.2. The van der Waals surface area contributed by atoms with E-state index >= 15 is 0 Å². The smallest absolute Gasteiger partial charge is 0.392 e. The topological polar surface area (TPSA) is 18.5 Å². The second-order valence-corrected chi connectivity index (χ2v) is 10.5. The van der Waals surface area contributed by atoms with Crippen LogP contribution in [0.15, 0.2) is 22.7 Å². The minimum absolute atomic E-state index is 0.274. The molecule has 0 heterocycles. The molecule has 0 atom stereocenters. The average Bonchev–Trinajstić information content (AvgIpc) is 2.48. The molecule has 1 aromatic carbocycles. The van der Waals surface area contributed by atoms with Gasteiger partial charge in [0.25, 0.3) is 0 Å². The number of unbranched alkanes of at least 4 members (excludes halogenated alkanes) is 7. The molecule has 1 aromatic rings. The van der Waals surface area contributed by atoms with E-state index in [1.54, 1.807) is 6.07 Å². The fourth-order valence-corrected chi connectivity index (χ4v) is 4.39. The maximum absolute atomic E-state index is 13.1. The van der Waals surface area contributed by atoms with Crippen LogP contribution >= 0.6 is 15.9 Å². The van der Waals surface area contributed by atoms with Gasteiger partial charge in [-0.15, -0.1) is 0 Å². The first-order valence-corrected chi connectivity index (χ1v) is 12.3. The monoisotopic (exact) mass is 404 g/mol. The number of hydrogen-bond acceptors (Lipinski definition) is 2. The van der Waals surface area contributed by atoms with E-state index < -0.39 is 8.56 Å². The highest BCUT2D eigenvalue weighted by Gasteiger charge is 2.27. The summed E-state index contributed by atoms with van der Waals surface area (Å²) in [6.45, 7) is 7.03. The van der Waals surface area contributed by atoms with Gasteiger partial charge in [-0.2, -0.15) is 0 Å². The molecular formula is C18H30BrFO2Si. The van der Waals surface area contributed by atoms with Crippen LogP contribution in [0.3, 0.4) is 0 Å². The zero-order valence-corrected chi connectivity index (χ0v) is 17.3. The van der Waals surface area contributed by atoms with E-state index in [1.165, 1.54) is 57.1 Å². The van der Waals surface area contributed by atoms with Gasteiger partial charge < -0.3 is 8.85 Å². The minimum Gasteiger partial charge on any atom is -0.519 e. The van der Waals surface area contributed by atoms with Crippen molar-refractivity contribution in [3.05, 3.63) is 28.5 Å². The van der Waals surface area contributed by atoms with Gasteiger partial charge in [-0.1, -0.05) is 51.9 Å². The zero-order chi connectivity index (χ0) is 17.1. The molecule has 0 N–H and O–H groups in total. The fourth-order valence-electron chi connectivity index (χ4n) is 2.41. The first kappa shape index (κ1) is 20.7. The summed E-state index contributed by atoms with van der Waals surface area (Å²) in [6, 6.07) is 4.47. The molecule has 0 saturated carbocycles. The second-order valence-electron chi connectivity index (χ2n) is 6.40. The number of benzene rings is 1. The minimum atomic E-state index is -2.23. The van der Waals surface area contributed by atoms with Gasteiger partial charge in [0.15, 0.2) is 0 Å². The molecule has 0 aliphatic heterocycles. The molecule has 0 unspecified atom stereocenters. The number of rotatable bonds is 12. The Balaban J connectivity index is 2.17. The van der Waals surface area contributed by atoms with Crippen molar-refractivity contribution < 1.29 is 13.2 Å². The molecule has 132 valence electrons. The van der Waals surface area contributed by atoms with E-state index in [0.717, 1.165) is 13.0 Å². The highest BCUT2D eigenvalue weighted by atomic mass is 79.9. The summed E-state index contributed by atoms with van der Waals surface area (Å²) < 4.78 is 25.7. The molecule has 1 rings (SSSR count). The van der Waals surface area contributed by atoms with Gasteiger partial charge in [-0.3, -0.25) is 0 Å². The first-order chi connectivity index (χ1) is 10.9. The molecule has 0 radical (unpaired) electrons. The van der Waals surface area contributed by atoms with E-state index in [-0.39, 0.29) is 5.82 Å². The number of halogens is 2. The lowest BCUT2D eigenvalue weighted by Gasteiger charge is -2.24. The Morgan fingerprint density at radius 1 is 1.00 bits per heavy atom. The van der Waals surface area contributed by atoms with E-state index in [1.807, 2.05) is 13.1 Å². The van der Waals surface area contributed by atoms with Crippen molar-refractivity contribution in [1.29, 1.82) is 0 Å². The van der Waals surface area contributed by atoms with Gasteiger partial charge in [0.05, 0.1) is 4.47 Å². The molecule has 0 amide bonds. The Bertz CT molecular complexity index is 455. The Morgan fingerprint density at radius 2 is 1.61 bits per heavy atom. The van der Waals surface area contributed by atoms with Crippen LogP contribution in [0.4, 0.5) is 4.39 Å². The van der Waals surface area contributed by atoms with Crippen molar-refractivity contribution in [3.63, 3.8) is 0 Å². The molecule has 0 aliphatic carbocycles. The van der Waals surface area contributed by atoms with Gasteiger partial charge in [0.2, 0.25) is 0 Å². The quantitative estimate of drug-likeness (QED) is 0.280. The third-order valence-electron chi connectivity index (χ3n) is 3.70. The van der Waals surface area contributed by atoms with Crippen LogP contribution in [0.1, 0.15) is 58.3 Å². The Labute approximate surface area is 150 Å². The third-order valence-corrected chi connectivity index (χ3v) is 5.93. The molecule has 0 spiro atoms. The standard InChI is InChI=1S/C18H30BrFO2Si/c1-4-5-6-7-8-9-10-11-14-21-23(2,3)22-18-13-12-16(20)15-17(18)19/h12-13,15H,4-11,14H2,1-3H3. The highest BCUT2D eigenvalue weighted by Crippen LogP contribution is 2.28. The summed E-state index contributed by atoms with van der Waals surface area (Å²) in [5.74, 6) is 0.377. The van der Waals surface area contributed by atoms with Crippen LogP contribution in [0.25, 0.3) is 0 Å². The molecule has 5 heteroatoms. The molecule has 0 bridgehead atoms. The van der Waals surface area contributed by atoms with Crippen LogP contribution in [0.2, 0.25) is 13.1 Å². The molecule has 0 fully saturated rings. The predicted octanol–water partition coefficient (Wildman–Crippen LogP) is 6.83. The van der Waals surface area contributed by atoms with Crippen LogP contribution in [0.5, 0.6) is 5.75 Å². The lowest BCUT2D eigenvalue weighted by atomic mass is 10.1. The maximum Gasteiger partial charge on any atom is 0.392 e. The molecule has 0 aromatic heterocycles. The van der Waals surface area contributed by atoms with Crippen LogP contribution in [0, 0.1) is 5.82 Å². The molecule has 0 saturated heterocycles. The van der Waals surface area contributed by atoms with Crippen molar-refractivity contribution in [2.45, 2.75) is 71.4 Å². The lowest BCUT2D eigenvalue weighted by Crippen LogP contribution is -2.38. The average molecular weight is 405 g/mol. The van der Waals surface area contributed by atoms with Crippen LogP contribution in [-0.4, -0.2) is 15.2 Å². The van der Waals surface area contributed by atoms with Crippen molar-refractivity contribution >= 4 is 24.5 Å². The van der Waals surface area contributed by atoms with E-state index in [0.29, 0.717) is 10.2 Å². The molecule has 2 nitrogen and oxygen atoms in total. The molecule has 0 aliphatic rings. The third kappa shape index (κ3) is 9.48.